The van der Waals surface area contributed by atoms with Gasteiger partial charge in [0.15, 0.2) is 16.7 Å². The zero-order chi connectivity index (χ0) is 17.4. The Kier molecular flexibility index (Phi) is 8.25. The van der Waals surface area contributed by atoms with Crippen LogP contribution in [-0.4, -0.2) is 37.4 Å². The maximum absolute atomic E-state index is 12.7. The molecule has 0 saturated heterocycles. The van der Waals surface area contributed by atoms with Crippen molar-refractivity contribution in [3.63, 3.8) is 0 Å². The Labute approximate surface area is 128 Å². The zero-order valence-corrected chi connectivity index (χ0v) is 13.1. The van der Waals surface area contributed by atoms with Crippen molar-refractivity contribution in [3.8, 4) is 0 Å². The van der Waals surface area contributed by atoms with Crippen LogP contribution in [0.3, 0.4) is 0 Å². The molecule has 6 nitrogen and oxygen atoms in total. The molecule has 0 bridgehead atoms. The van der Waals surface area contributed by atoms with Crippen LogP contribution >= 0.6 is 0 Å². The Hall–Kier alpha value is -1.48. The van der Waals surface area contributed by atoms with E-state index in [9.17, 15) is 26.5 Å². The molecular weight excluding hydrogens is 322 g/mol. The van der Waals surface area contributed by atoms with E-state index in [1.807, 2.05) is 0 Å². The van der Waals surface area contributed by atoms with Crippen LogP contribution in [-0.2, 0) is 24.4 Å². The molecule has 0 aliphatic rings. The van der Waals surface area contributed by atoms with Crippen molar-refractivity contribution in [1.82, 2.24) is 0 Å². The molecule has 0 fully saturated rings. The van der Waals surface area contributed by atoms with Gasteiger partial charge in [-0.05, 0) is 31.8 Å². The SMILES string of the molecule is C=C(C)C(=C)OCCCCCC(=O)OCC(F)(F)S(=O)(=O)[O-]. The highest BCUT2D eigenvalue weighted by Gasteiger charge is 2.39. The third-order valence-electron chi connectivity index (χ3n) is 2.54. The van der Waals surface area contributed by atoms with Crippen LogP contribution in [0.5, 0.6) is 0 Å². The summed E-state index contributed by atoms with van der Waals surface area (Å²) in [7, 11) is -5.84. The lowest BCUT2D eigenvalue weighted by molar-refractivity contribution is -0.149. The van der Waals surface area contributed by atoms with Gasteiger partial charge in [-0.25, -0.2) is 8.42 Å². The fraction of sp³-hybridized carbons (Fsp3) is 0.615. The van der Waals surface area contributed by atoms with Gasteiger partial charge >= 0.3 is 11.2 Å². The summed E-state index contributed by atoms with van der Waals surface area (Å²) in [5.41, 5.74) is 0.706. The molecule has 0 unspecified atom stereocenters. The van der Waals surface area contributed by atoms with Gasteiger partial charge in [0.05, 0.1) is 6.61 Å². The van der Waals surface area contributed by atoms with Crippen molar-refractivity contribution in [1.29, 1.82) is 0 Å². The fourth-order valence-corrected chi connectivity index (χ4v) is 1.38. The van der Waals surface area contributed by atoms with E-state index in [2.05, 4.69) is 17.9 Å². The van der Waals surface area contributed by atoms with Crippen molar-refractivity contribution in [2.75, 3.05) is 13.2 Å². The van der Waals surface area contributed by atoms with Crippen LogP contribution in [0.15, 0.2) is 24.5 Å². The van der Waals surface area contributed by atoms with Crippen LogP contribution in [0.1, 0.15) is 32.6 Å². The molecule has 0 radical (unpaired) electrons. The zero-order valence-electron chi connectivity index (χ0n) is 12.3. The van der Waals surface area contributed by atoms with Gasteiger partial charge in [0, 0.05) is 6.42 Å². The average molecular weight is 341 g/mol. The first kappa shape index (κ1) is 20.5. The third-order valence-corrected chi connectivity index (χ3v) is 3.39. The molecule has 0 aromatic heterocycles. The van der Waals surface area contributed by atoms with Crippen molar-refractivity contribution in [2.45, 2.75) is 37.9 Å². The summed E-state index contributed by atoms with van der Waals surface area (Å²) in [4.78, 5) is 11.1. The minimum Gasteiger partial charge on any atom is -0.743 e. The van der Waals surface area contributed by atoms with Gasteiger partial charge in [0.25, 0.3) is 0 Å². The number of carbonyl (C=O) groups excluding carboxylic acids is 1. The number of allylic oxidation sites excluding steroid dienone is 1. The Bertz CT molecular complexity index is 513. The lowest BCUT2D eigenvalue weighted by atomic mass is 10.2. The number of carbonyl (C=O) groups is 1. The summed E-state index contributed by atoms with van der Waals surface area (Å²) in [6.07, 6.45) is 1.40. The molecule has 0 N–H and O–H groups in total. The highest BCUT2D eigenvalue weighted by atomic mass is 32.2. The summed E-state index contributed by atoms with van der Waals surface area (Å²) in [5.74, 6) is -0.518. The normalized spacial score (nSPS) is 11.8. The van der Waals surface area contributed by atoms with Gasteiger partial charge < -0.3 is 14.0 Å². The highest BCUT2D eigenvalue weighted by Crippen LogP contribution is 2.20. The predicted octanol–water partition coefficient (Wildman–Crippen LogP) is 2.33. The molecule has 0 aromatic rings. The second-order valence-corrected chi connectivity index (χ2v) is 6.12. The molecule has 0 amide bonds. The van der Waals surface area contributed by atoms with Crippen LogP contribution in [0.25, 0.3) is 0 Å². The van der Waals surface area contributed by atoms with E-state index in [4.69, 9.17) is 4.74 Å². The van der Waals surface area contributed by atoms with Crippen molar-refractivity contribution in [2.24, 2.45) is 0 Å². The standard InChI is InChI=1S/C13H20F2O6S/c1-10(2)11(3)20-8-6-4-5-7-12(16)21-9-13(14,15)22(17,18)19/h1,3-9H2,2H3,(H,17,18,19)/p-1. The number of alkyl halides is 2. The van der Waals surface area contributed by atoms with Crippen LogP contribution in [0, 0.1) is 0 Å². The fourth-order valence-electron chi connectivity index (χ4n) is 1.18. The van der Waals surface area contributed by atoms with E-state index in [0.29, 0.717) is 37.2 Å². The van der Waals surface area contributed by atoms with Crippen molar-refractivity contribution in [3.05, 3.63) is 24.5 Å². The minimum absolute atomic E-state index is 0.156. The highest BCUT2D eigenvalue weighted by molar-refractivity contribution is 7.86. The Morgan fingerprint density at radius 1 is 1.18 bits per heavy atom. The first-order valence-corrected chi connectivity index (χ1v) is 7.84. The third kappa shape index (κ3) is 8.08. The number of rotatable bonds is 11. The number of ether oxygens (including phenoxy) is 2. The quantitative estimate of drug-likeness (QED) is 0.188. The lowest BCUT2D eigenvalue weighted by Crippen LogP contribution is -2.34. The van der Waals surface area contributed by atoms with Gasteiger partial charge in [-0.15, -0.1) is 0 Å². The van der Waals surface area contributed by atoms with Gasteiger partial charge in [-0.1, -0.05) is 13.2 Å². The lowest BCUT2D eigenvalue weighted by Gasteiger charge is -2.19. The molecule has 0 aliphatic heterocycles. The Morgan fingerprint density at radius 2 is 1.77 bits per heavy atom. The maximum Gasteiger partial charge on any atom is 0.367 e. The van der Waals surface area contributed by atoms with Crippen molar-refractivity contribution < 1.29 is 36.0 Å². The molecule has 0 aliphatic carbocycles. The van der Waals surface area contributed by atoms with E-state index in [-0.39, 0.29) is 6.42 Å². The molecule has 9 heteroatoms. The second kappa shape index (κ2) is 8.84. The maximum atomic E-state index is 12.7. The second-order valence-electron chi connectivity index (χ2n) is 4.61. The van der Waals surface area contributed by atoms with E-state index < -0.39 is 27.9 Å². The van der Waals surface area contributed by atoms with Gasteiger partial charge in [0.2, 0.25) is 0 Å². The predicted molar refractivity (Wildman–Crippen MR) is 74.0 cm³/mol. The molecule has 128 valence electrons. The van der Waals surface area contributed by atoms with Crippen LogP contribution < -0.4 is 0 Å². The topological polar surface area (TPSA) is 92.7 Å². The summed E-state index contributed by atoms with van der Waals surface area (Å²) < 4.78 is 65.3. The number of hydrogen-bond donors (Lipinski definition) is 0. The van der Waals surface area contributed by atoms with Crippen LogP contribution in [0.2, 0.25) is 0 Å². The summed E-state index contributed by atoms with van der Waals surface area (Å²) in [6.45, 7) is 7.63. The largest absolute Gasteiger partial charge is 0.743 e. The number of halogens is 2. The van der Waals surface area contributed by atoms with Crippen molar-refractivity contribution >= 4 is 16.1 Å². The Morgan fingerprint density at radius 3 is 2.27 bits per heavy atom. The van der Waals surface area contributed by atoms with Gasteiger partial charge in [0.1, 0.15) is 5.76 Å². The molecule has 0 rings (SSSR count). The van der Waals surface area contributed by atoms with E-state index in [0.717, 1.165) is 0 Å². The molecule has 0 heterocycles. The average Bonchev–Trinajstić information content (AvgIpc) is 2.38. The molecule has 22 heavy (non-hydrogen) atoms. The molecular formula is C13H19F2O6S-. The van der Waals surface area contributed by atoms with E-state index in [1.165, 1.54) is 0 Å². The van der Waals surface area contributed by atoms with Crippen LogP contribution in [0.4, 0.5) is 8.78 Å². The summed E-state index contributed by atoms with van der Waals surface area (Å²) in [6, 6.07) is 0. The molecule has 0 spiro atoms. The van der Waals surface area contributed by atoms with Gasteiger partial charge in [-0.2, -0.15) is 8.78 Å². The minimum atomic E-state index is -5.84. The van der Waals surface area contributed by atoms with E-state index in [1.54, 1.807) is 6.92 Å². The molecule has 0 atom stereocenters. The summed E-state index contributed by atoms with van der Waals surface area (Å²) >= 11 is 0. The number of esters is 1. The first-order valence-electron chi connectivity index (χ1n) is 6.44. The molecule has 0 saturated carbocycles. The van der Waals surface area contributed by atoms with Gasteiger partial charge in [-0.3, -0.25) is 4.79 Å². The number of unbranched alkanes of at least 4 members (excludes halogenated alkanes) is 2. The number of hydrogen-bond acceptors (Lipinski definition) is 6. The summed E-state index contributed by atoms with van der Waals surface area (Å²) in [5, 5.41) is -4.61. The van der Waals surface area contributed by atoms with E-state index >= 15 is 0 Å². The Balaban J connectivity index is 3.80. The monoisotopic (exact) mass is 341 g/mol. The first-order chi connectivity index (χ1) is 9.97. The smallest absolute Gasteiger partial charge is 0.367 e. The molecule has 0 aromatic carbocycles.